The number of nitrogens with zero attached hydrogens (tertiary/aromatic N) is 2. The first kappa shape index (κ1) is 21.4. The number of anilines is 2. The summed E-state index contributed by atoms with van der Waals surface area (Å²) in [6.07, 6.45) is 0.119. The number of aryl methyl sites for hydroxylation is 1. The highest BCUT2D eigenvalue weighted by Gasteiger charge is 2.35. The van der Waals surface area contributed by atoms with Crippen LogP contribution in [0.15, 0.2) is 48.5 Å². The zero-order chi connectivity index (χ0) is 21.7. The van der Waals surface area contributed by atoms with Gasteiger partial charge in [-0.1, -0.05) is 17.7 Å². The maximum absolute atomic E-state index is 12.5. The monoisotopic (exact) mass is 408 g/mol. The highest BCUT2D eigenvalue weighted by Crippen LogP contribution is 2.25. The molecule has 0 bridgehead atoms. The Morgan fingerprint density at radius 3 is 2.23 bits per heavy atom. The second-order valence-electron chi connectivity index (χ2n) is 7.40. The van der Waals surface area contributed by atoms with E-state index in [1.807, 2.05) is 43.3 Å². The van der Waals surface area contributed by atoms with Gasteiger partial charge < -0.3 is 9.80 Å². The first-order valence-corrected chi connectivity index (χ1v) is 10.2. The summed E-state index contributed by atoms with van der Waals surface area (Å²) < 4.78 is 0. The molecule has 7 heteroatoms. The highest BCUT2D eigenvalue weighted by atomic mass is 16.2. The van der Waals surface area contributed by atoms with E-state index < -0.39 is 11.8 Å². The number of rotatable bonds is 6. The summed E-state index contributed by atoms with van der Waals surface area (Å²) in [4.78, 5) is 40.9. The molecule has 1 fully saturated rings. The topological polar surface area (TPSA) is 81.8 Å². The van der Waals surface area contributed by atoms with E-state index in [9.17, 15) is 14.4 Å². The molecule has 7 nitrogen and oxygen atoms in total. The van der Waals surface area contributed by atoms with E-state index in [0.717, 1.165) is 30.0 Å². The van der Waals surface area contributed by atoms with E-state index in [2.05, 4.69) is 29.6 Å². The van der Waals surface area contributed by atoms with E-state index in [-0.39, 0.29) is 18.2 Å². The SMILES string of the molecule is CCN(CC)c1ccc(C(=O)NNC(=O)[C@H]2CC(=O)N(c3ccc(C)cc3)C2)cc1. The quantitative estimate of drug-likeness (QED) is 0.720. The van der Waals surface area contributed by atoms with Crippen molar-refractivity contribution in [3.05, 3.63) is 59.7 Å². The molecular weight excluding hydrogens is 380 g/mol. The van der Waals surface area contributed by atoms with Crippen LogP contribution >= 0.6 is 0 Å². The molecule has 1 heterocycles. The van der Waals surface area contributed by atoms with Crippen LogP contribution in [0.1, 0.15) is 36.2 Å². The summed E-state index contributed by atoms with van der Waals surface area (Å²) in [6.45, 7) is 8.20. The normalized spacial score (nSPS) is 15.8. The Bertz CT molecular complexity index is 905. The largest absolute Gasteiger partial charge is 0.372 e. The van der Waals surface area contributed by atoms with E-state index in [0.29, 0.717) is 12.1 Å². The lowest BCUT2D eigenvalue weighted by atomic mass is 10.1. The molecular formula is C23H28N4O3. The van der Waals surface area contributed by atoms with Crippen LogP contribution in [0.4, 0.5) is 11.4 Å². The van der Waals surface area contributed by atoms with Gasteiger partial charge in [0, 0.05) is 43.0 Å². The molecule has 3 amide bonds. The molecule has 158 valence electrons. The van der Waals surface area contributed by atoms with Crippen LogP contribution in [0.5, 0.6) is 0 Å². The Morgan fingerprint density at radius 2 is 1.63 bits per heavy atom. The number of amides is 3. The van der Waals surface area contributed by atoms with Crippen molar-refractivity contribution in [3.8, 4) is 0 Å². The first-order chi connectivity index (χ1) is 14.4. The third kappa shape index (κ3) is 4.79. The van der Waals surface area contributed by atoms with Crippen molar-refractivity contribution in [2.75, 3.05) is 29.4 Å². The van der Waals surface area contributed by atoms with Crippen LogP contribution in [0, 0.1) is 12.8 Å². The van der Waals surface area contributed by atoms with Crippen LogP contribution < -0.4 is 20.7 Å². The standard InChI is InChI=1S/C23H28N4O3/c1-4-26(5-2)19-12-8-17(9-13-19)22(29)24-25-23(30)18-14-21(28)27(15-18)20-10-6-16(3)7-11-20/h6-13,18H,4-5,14-15H2,1-3H3,(H,24,29)(H,25,30)/t18-/m0/s1. The molecule has 2 aromatic carbocycles. The van der Waals surface area contributed by atoms with Gasteiger partial charge in [-0.15, -0.1) is 0 Å². The smallest absolute Gasteiger partial charge is 0.269 e. The second-order valence-corrected chi connectivity index (χ2v) is 7.40. The van der Waals surface area contributed by atoms with Crippen molar-refractivity contribution in [1.29, 1.82) is 0 Å². The van der Waals surface area contributed by atoms with Gasteiger partial charge in [0.15, 0.2) is 0 Å². The predicted octanol–water partition coefficient (Wildman–Crippen LogP) is 2.66. The van der Waals surface area contributed by atoms with Gasteiger partial charge in [0.25, 0.3) is 5.91 Å². The third-order valence-corrected chi connectivity index (χ3v) is 5.40. The van der Waals surface area contributed by atoms with Gasteiger partial charge in [-0.2, -0.15) is 0 Å². The fourth-order valence-electron chi connectivity index (χ4n) is 3.56. The molecule has 1 saturated heterocycles. The number of carbonyl (C=O) groups is 3. The molecule has 1 aliphatic heterocycles. The van der Waals surface area contributed by atoms with Crippen LogP contribution in [-0.2, 0) is 9.59 Å². The number of nitrogens with one attached hydrogen (secondary N) is 2. The average Bonchev–Trinajstić information content (AvgIpc) is 3.15. The molecule has 2 N–H and O–H groups in total. The Balaban J connectivity index is 1.54. The summed E-state index contributed by atoms with van der Waals surface area (Å²) >= 11 is 0. The average molecular weight is 409 g/mol. The summed E-state index contributed by atoms with van der Waals surface area (Å²) in [5, 5.41) is 0. The van der Waals surface area contributed by atoms with Gasteiger partial charge in [-0.25, -0.2) is 0 Å². The number of hydrogen-bond donors (Lipinski definition) is 2. The fourth-order valence-corrected chi connectivity index (χ4v) is 3.56. The summed E-state index contributed by atoms with van der Waals surface area (Å²) in [5.41, 5.74) is 8.28. The number of carbonyl (C=O) groups excluding carboxylic acids is 3. The third-order valence-electron chi connectivity index (χ3n) is 5.40. The lowest BCUT2D eigenvalue weighted by Gasteiger charge is -2.21. The van der Waals surface area contributed by atoms with Gasteiger partial charge in [0.2, 0.25) is 11.8 Å². The Hall–Kier alpha value is -3.35. The zero-order valence-electron chi connectivity index (χ0n) is 17.6. The number of hydrogen-bond acceptors (Lipinski definition) is 4. The maximum Gasteiger partial charge on any atom is 0.269 e. The summed E-state index contributed by atoms with van der Waals surface area (Å²) in [6, 6.07) is 14.8. The minimum Gasteiger partial charge on any atom is -0.372 e. The van der Waals surface area contributed by atoms with Crippen molar-refractivity contribution in [3.63, 3.8) is 0 Å². The van der Waals surface area contributed by atoms with Crippen LogP contribution in [0.25, 0.3) is 0 Å². The van der Waals surface area contributed by atoms with Crippen molar-refractivity contribution in [1.82, 2.24) is 10.9 Å². The molecule has 3 rings (SSSR count). The Kier molecular flexibility index (Phi) is 6.72. The van der Waals surface area contributed by atoms with E-state index in [4.69, 9.17) is 0 Å². The molecule has 0 spiro atoms. The highest BCUT2D eigenvalue weighted by molar-refractivity contribution is 6.01. The minimum atomic E-state index is -0.510. The van der Waals surface area contributed by atoms with Gasteiger partial charge in [0.1, 0.15) is 0 Å². The van der Waals surface area contributed by atoms with Crippen LogP contribution in [-0.4, -0.2) is 37.4 Å². The van der Waals surface area contributed by atoms with Gasteiger partial charge in [-0.05, 0) is 57.2 Å². The lowest BCUT2D eigenvalue weighted by Crippen LogP contribution is -2.45. The molecule has 1 atom stereocenters. The predicted molar refractivity (Wildman–Crippen MR) is 117 cm³/mol. The molecule has 1 aliphatic rings. The van der Waals surface area contributed by atoms with Crippen molar-refractivity contribution < 1.29 is 14.4 Å². The number of hydrazine groups is 1. The molecule has 2 aromatic rings. The van der Waals surface area contributed by atoms with Crippen molar-refractivity contribution in [2.45, 2.75) is 27.2 Å². The van der Waals surface area contributed by atoms with E-state index >= 15 is 0 Å². The van der Waals surface area contributed by atoms with Gasteiger partial charge in [-0.3, -0.25) is 25.2 Å². The Morgan fingerprint density at radius 1 is 1.00 bits per heavy atom. The Labute approximate surface area is 177 Å². The lowest BCUT2D eigenvalue weighted by molar-refractivity contribution is -0.126. The van der Waals surface area contributed by atoms with Crippen molar-refractivity contribution in [2.24, 2.45) is 5.92 Å². The van der Waals surface area contributed by atoms with Crippen molar-refractivity contribution >= 4 is 29.1 Å². The minimum absolute atomic E-state index is 0.0997. The zero-order valence-corrected chi connectivity index (χ0v) is 17.6. The molecule has 0 aromatic heterocycles. The second kappa shape index (κ2) is 9.43. The first-order valence-electron chi connectivity index (χ1n) is 10.2. The molecule has 30 heavy (non-hydrogen) atoms. The molecule has 0 radical (unpaired) electrons. The van der Waals surface area contributed by atoms with E-state index in [1.54, 1.807) is 17.0 Å². The molecule has 0 saturated carbocycles. The fraction of sp³-hybridized carbons (Fsp3) is 0.348. The van der Waals surface area contributed by atoms with Crippen LogP contribution in [0.2, 0.25) is 0 Å². The van der Waals surface area contributed by atoms with Gasteiger partial charge in [0.05, 0.1) is 5.92 Å². The molecule has 0 aliphatic carbocycles. The van der Waals surface area contributed by atoms with E-state index in [1.165, 1.54) is 0 Å². The number of benzene rings is 2. The summed E-state index contributed by atoms with van der Waals surface area (Å²) in [7, 11) is 0. The van der Waals surface area contributed by atoms with Crippen LogP contribution in [0.3, 0.4) is 0 Å². The van der Waals surface area contributed by atoms with Gasteiger partial charge >= 0.3 is 0 Å². The maximum atomic E-state index is 12.5. The summed E-state index contributed by atoms with van der Waals surface area (Å²) in [5.74, 6) is -1.37. The molecule has 0 unspecified atom stereocenters.